The maximum Gasteiger partial charge on any atom is 0.416 e. The van der Waals surface area contributed by atoms with E-state index in [1.807, 2.05) is 0 Å². The lowest BCUT2D eigenvalue weighted by Gasteiger charge is -2.17. The average Bonchev–Trinajstić information content (AvgIpc) is 3.49. The summed E-state index contributed by atoms with van der Waals surface area (Å²) in [6, 6.07) is 10.7. The second kappa shape index (κ2) is 14.5. The molecule has 0 aliphatic rings. The number of carbonyl (C=O) groups excluding carboxylic acids is 3. The number of aromatic nitrogens is 5. The van der Waals surface area contributed by atoms with Crippen LogP contribution in [0.15, 0.2) is 71.9 Å². The minimum atomic E-state index is -4.57. The first-order valence-electron chi connectivity index (χ1n) is 13.6. The third kappa shape index (κ3) is 8.80. The topological polar surface area (TPSA) is 150 Å². The number of benzene rings is 1. The lowest BCUT2D eigenvalue weighted by molar-refractivity contribution is -0.152. The number of carbonyl (C=O) groups is 3. The molecular weight excluding hydrogens is 621 g/mol. The molecule has 46 heavy (non-hydrogen) atoms. The summed E-state index contributed by atoms with van der Waals surface area (Å²) in [4.78, 5) is 53.0. The summed E-state index contributed by atoms with van der Waals surface area (Å²) in [5.41, 5.74) is -2.46. The van der Waals surface area contributed by atoms with Crippen LogP contribution >= 0.6 is 0 Å². The maximum atomic E-state index is 14.9. The number of rotatable bonds is 12. The fourth-order valence-corrected chi connectivity index (χ4v) is 4.16. The normalized spacial score (nSPS) is 12.7. The Morgan fingerprint density at radius 1 is 1.09 bits per heavy atom. The highest BCUT2D eigenvalue weighted by atomic mass is 19.4. The van der Waals surface area contributed by atoms with Gasteiger partial charge in [-0.05, 0) is 24.6 Å². The Balaban J connectivity index is 1.31. The lowest BCUT2D eigenvalue weighted by atomic mass is 10.1. The molecule has 1 aromatic carbocycles. The molecule has 0 fully saturated rings. The second-order valence-electron chi connectivity index (χ2n) is 9.86. The van der Waals surface area contributed by atoms with Crippen LogP contribution in [0.5, 0.6) is 0 Å². The molecule has 0 bridgehead atoms. The molecule has 4 rings (SSSR count). The van der Waals surface area contributed by atoms with Crippen LogP contribution in [-0.4, -0.2) is 48.5 Å². The number of amides is 2. The van der Waals surface area contributed by atoms with Crippen LogP contribution < -0.4 is 16.2 Å². The van der Waals surface area contributed by atoms with Gasteiger partial charge >= 0.3 is 12.1 Å². The summed E-state index contributed by atoms with van der Waals surface area (Å²) >= 11 is 0. The van der Waals surface area contributed by atoms with Gasteiger partial charge in [0.05, 0.1) is 36.2 Å². The quantitative estimate of drug-likeness (QED) is 0.175. The van der Waals surface area contributed by atoms with Gasteiger partial charge in [0.1, 0.15) is 6.17 Å². The highest BCUT2D eigenvalue weighted by molar-refractivity contribution is 5.96. The van der Waals surface area contributed by atoms with E-state index in [4.69, 9.17) is 4.74 Å². The van der Waals surface area contributed by atoms with Crippen LogP contribution in [0.3, 0.4) is 0 Å². The van der Waals surface area contributed by atoms with Gasteiger partial charge in [-0.2, -0.15) is 17.6 Å². The number of anilines is 1. The van der Waals surface area contributed by atoms with Crippen molar-refractivity contribution in [1.82, 2.24) is 29.9 Å². The maximum absolute atomic E-state index is 14.9. The smallest absolute Gasteiger partial charge is 0.416 e. The molecule has 0 saturated heterocycles. The summed E-state index contributed by atoms with van der Waals surface area (Å²) in [7, 11) is 0. The number of ether oxygens (including phenoxy) is 1. The molecule has 0 aliphatic heterocycles. The number of hydrogen-bond donors (Lipinski definition) is 2. The van der Waals surface area contributed by atoms with Crippen molar-refractivity contribution in [3.8, 4) is 0 Å². The molecule has 2 amide bonds. The van der Waals surface area contributed by atoms with Gasteiger partial charge in [-0.1, -0.05) is 35.5 Å². The highest BCUT2D eigenvalue weighted by Gasteiger charge is 2.31. The van der Waals surface area contributed by atoms with Crippen molar-refractivity contribution in [1.29, 1.82) is 0 Å². The number of nitrogens with one attached hydrogen (secondary N) is 2. The van der Waals surface area contributed by atoms with Crippen molar-refractivity contribution in [3.05, 3.63) is 106 Å². The van der Waals surface area contributed by atoms with Crippen molar-refractivity contribution in [2.75, 3.05) is 5.32 Å². The van der Waals surface area contributed by atoms with Gasteiger partial charge in [0.2, 0.25) is 11.9 Å². The molecule has 0 saturated carbocycles. The predicted octanol–water partition coefficient (Wildman–Crippen LogP) is 3.59. The molecule has 0 spiro atoms. The van der Waals surface area contributed by atoms with Crippen molar-refractivity contribution in [3.63, 3.8) is 0 Å². The van der Waals surface area contributed by atoms with Crippen LogP contribution in [0.25, 0.3) is 0 Å². The minimum absolute atomic E-state index is 0.0418. The fourth-order valence-electron chi connectivity index (χ4n) is 4.16. The van der Waals surface area contributed by atoms with Crippen molar-refractivity contribution < 1.29 is 41.1 Å². The first-order chi connectivity index (χ1) is 21.8. The third-order valence-corrected chi connectivity index (χ3v) is 6.40. The van der Waals surface area contributed by atoms with E-state index in [9.17, 15) is 41.1 Å². The fraction of sp³-hybridized carbons (Fsp3) is 0.276. The Hall–Kier alpha value is -5.48. The molecule has 2 N–H and O–H groups in total. The van der Waals surface area contributed by atoms with Crippen LogP contribution in [-0.2, 0) is 40.1 Å². The zero-order chi connectivity index (χ0) is 33.4. The largest absolute Gasteiger partial charge is 0.447 e. The van der Waals surface area contributed by atoms with Gasteiger partial charge in [-0.25, -0.2) is 9.07 Å². The Morgan fingerprint density at radius 2 is 1.83 bits per heavy atom. The number of halogens is 5. The molecular formula is C29H26F5N7O5. The van der Waals surface area contributed by atoms with Gasteiger partial charge in [0.25, 0.3) is 17.4 Å². The summed E-state index contributed by atoms with van der Waals surface area (Å²) in [6.07, 6.45) is -4.60. The van der Waals surface area contributed by atoms with Gasteiger partial charge < -0.3 is 19.9 Å². The van der Waals surface area contributed by atoms with E-state index in [0.717, 1.165) is 53.0 Å². The van der Waals surface area contributed by atoms with Crippen molar-refractivity contribution >= 4 is 23.5 Å². The van der Waals surface area contributed by atoms with Gasteiger partial charge in [0.15, 0.2) is 5.69 Å². The monoisotopic (exact) mass is 647 g/mol. The van der Waals surface area contributed by atoms with Crippen LogP contribution in [0.2, 0.25) is 0 Å². The zero-order valence-electron chi connectivity index (χ0n) is 24.0. The molecule has 4 aromatic rings. The van der Waals surface area contributed by atoms with E-state index < -0.39 is 58.9 Å². The van der Waals surface area contributed by atoms with Crippen LogP contribution in [0.1, 0.15) is 46.8 Å². The first kappa shape index (κ1) is 33.4. The molecule has 2 atom stereocenters. The van der Waals surface area contributed by atoms with E-state index in [-0.39, 0.29) is 37.4 Å². The predicted molar refractivity (Wildman–Crippen MR) is 150 cm³/mol. The average molecular weight is 648 g/mol. The molecule has 3 heterocycles. The Labute approximate surface area is 257 Å². The van der Waals surface area contributed by atoms with Gasteiger partial charge in [0, 0.05) is 31.4 Å². The Bertz CT molecular complexity index is 1760. The molecule has 12 nitrogen and oxygen atoms in total. The zero-order valence-corrected chi connectivity index (χ0v) is 24.0. The van der Waals surface area contributed by atoms with Gasteiger partial charge in [-0.15, -0.1) is 5.10 Å². The van der Waals surface area contributed by atoms with Crippen molar-refractivity contribution in [2.45, 2.75) is 51.4 Å². The number of alkyl halides is 4. The number of pyridine rings is 2. The van der Waals surface area contributed by atoms with Crippen LogP contribution in [0, 0.1) is 5.82 Å². The molecule has 1 unspecified atom stereocenters. The molecule has 242 valence electrons. The number of hydrogen-bond acceptors (Lipinski definition) is 8. The number of aryl methyl sites for hydroxylation is 1. The lowest BCUT2D eigenvalue weighted by Crippen LogP contribution is -2.29. The number of nitrogens with zero attached hydrogens (tertiary/aromatic N) is 5. The SMILES string of the molecule is CC(=O)O[C@H](C(=O)Nc1ccn(CCC(F)Cn2cc(C(=O)NCc3cc(C(F)(F)F)ccn3)nn2)c(=O)c1F)c1ccccc1. The first-order valence-corrected chi connectivity index (χ1v) is 13.6. The Kier molecular flexibility index (Phi) is 10.6. The van der Waals surface area contributed by atoms with Crippen LogP contribution in [0.4, 0.5) is 27.6 Å². The third-order valence-electron chi connectivity index (χ3n) is 6.40. The number of esters is 1. The molecule has 0 radical (unpaired) electrons. The highest BCUT2D eigenvalue weighted by Crippen LogP contribution is 2.29. The minimum Gasteiger partial charge on any atom is -0.447 e. The summed E-state index contributed by atoms with van der Waals surface area (Å²) < 4.78 is 75.2. The van der Waals surface area contributed by atoms with E-state index >= 15 is 0 Å². The van der Waals surface area contributed by atoms with E-state index in [1.54, 1.807) is 18.2 Å². The van der Waals surface area contributed by atoms with Crippen molar-refractivity contribution in [2.24, 2.45) is 0 Å². The van der Waals surface area contributed by atoms with E-state index in [0.29, 0.717) is 5.56 Å². The summed E-state index contributed by atoms with van der Waals surface area (Å²) in [6.45, 7) is 0.151. The molecule has 0 aliphatic carbocycles. The van der Waals surface area contributed by atoms with Gasteiger partial charge in [-0.3, -0.25) is 24.2 Å². The molecule has 17 heteroatoms. The van der Waals surface area contributed by atoms with E-state index in [2.05, 4.69) is 25.9 Å². The van der Waals surface area contributed by atoms with E-state index in [1.165, 1.54) is 12.1 Å². The molecule has 3 aromatic heterocycles. The second-order valence-corrected chi connectivity index (χ2v) is 9.86. The summed E-state index contributed by atoms with van der Waals surface area (Å²) in [5.74, 6) is -3.74. The standard InChI is InChI=1S/C29H26F5N7O5/c1-17(42)46-25(18-5-3-2-4-6-18)27(44)37-22-9-12-40(28(45)24(22)31)11-8-20(30)15-41-16-23(38-39-41)26(43)36-14-21-13-19(7-10-35-21)29(32,33)34/h2-7,9-10,12-13,16,20,25H,8,11,14-15H2,1H3,(H,36,43)(H,37,44)/t20?,25-/m0/s1. The summed E-state index contributed by atoms with van der Waals surface area (Å²) in [5, 5.41) is 11.9. The Morgan fingerprint density at radius 3 is 2.52 bits per heavy atom.